The van der Waals surface area contributed by atoms with E-state index >= 15 is 0 Å². The predicted molar refractivity (Wildman–Crippen MR) is 67.5 cm³/mol. The van der Waals surface area contributed by atoms with Crippen molar-refractivity contribution in [1.82, 2.24) is 4.49 Å². The van der Waals surface area contributed by atoms with E-state index in [9.17, 15) is 13.0 Å². The predicted octanol–water partition coefficient (Wildman–Crippen LogP) is 1.36. The Labute approximate surface area is 106 Å². The average molecular weight is 293 g/mol. The van der Waals surface area contributed by atoms with Crippen LogP contribution in [-0.4, -0.2) is 18.2 Å². The Balaban J connectivity index is 3.10. The van der Waals surface area contributed by atoms with Crippen LogP contribution in [0.2, 0.25) is 0 Å². The van der Waals surface area contributed by atoms with Crippen LogP contribution in [0.3, 0.4) is 0 Å². The maximum absolute atomic E-state index is 11.6. The molecule has 0 aliphatic rings. The third kappa shape index (κ3) is 4.19. The van der Waals surface area contributed by atoms with Crippen LogP contribution < -0.4 is 4.49 Å². The summed E-state index contributed by atoms with van der Waals surface area (Å²) in [5.74, 6) is 0. The Morgan fingerprint density at radius 3 is 1.89 bits per heavy atom. The zero-order valence-electron chi connectivity index (χ0n) is 10.3. The van der Waals surface area contributed by atoms with Crippen molar-refractivity contribution in [3.05, 3.63) is 29.8 Å². The van der Waals surface area contributed by atoms with E-state index in [1.54, 1.807) is 12.1 Å². The molecule has 1 aromatic carbocycles. The first-order chi connectivity index (χ1) is 7.92. The zero-order chi connectivity index (χ0) is 14.2. The van der Waals surface area contributed by atoms with Crippen LogP contribution in [0.4, 0.5) is 0 Å². The molecule has 0 aliphatic carbocycles. The molecule has 0 heterocycles. The topological polar surface area (TPSA) is 104 Å². The van der Waals surface area contributed by atoms with Crippen LogP contribution in [0, 0.1) is 0 Å². The molecule has 0 saturated carbocycles. The lowest BCUT2D eigenvalue weighted by atomic mass is 9.87. The van der Waals surface area contributed by atoms with Gasteiger partial charge in [-0.2, -0.15) is 0 Å². The highest BCUT2D eigenvalue weighted by atomic mass is 32.2. The molecule has 0 unspecified atom stereocenters. The minimum Gasteiger partial charge on any atom is -0.312 e. The summed E-state index contributed by atoms with van der Waals surface area (Å²) >= 11 is 0. The normalized spacial score (nSPS) is 13.6. The second-order valence-corrected chi connectivity index (χ2v) is 8.21. The maximum atomic E-state index is 11.6. The number of benzene rings is 1. The highest BCUT2D eigenvalue weighted by Gasteiger charge is 2.25. The SMILES string of the molecule is CC(C)(C)c1ccc(S(=O)(=O)NP(=O)(O)O)cc1. The molecule has 0 bridgehead atoms. The van der Waals surface area contributed by atoms with E-state index < -0.39 is 17.8 Å². The molecule has 1 rings (SSSR count). The molecule has 0 aliphatic heterocycles. The van der Waals surface area contributed by atoms with Crippen LogP contribution in [0.5, 0.6) is 0 Å². The molecule has 0 aromatic heterocycles. The van der Waals surface area contributed by atoms with Crippen molar-refractivity contribution >= 4 is 17.8 Å². The summed E-state index contributed by atoms with van der Waals surface area (Å²) in [5, 5.41) is 0. The molecule has 102 valence electrons. The van der Waals surface area contributed by atoms with E-state index in [4.69, 9.17) is 9.79 Å². The number of hydrogen-bond donors (Lipinski definition) is 3. The summed E-state index contributed by atoms with van der Waals surface area (Å²) in [5.41, 5.74) is 0.802. The van der Waals surface area contributed by atoms with Gasteiger partial charge in [-0.3, -0.25) is 0 Å². The number of sulfonamides is 1. The van der Waals surface area contributed by atoms with E-state index in [2.05, 4.69) is 0 Å². The monoisotopic (exact) mass is 293 g/mol. The Hall–Kier alpha value is -0.720. The van der Waals surface area contributed by atoms with Crippen molar-refractivity contribution < 1.29 is 22.8 Å². The fraction of sp³-hybridized carbons (Fsp3) is 0.400. The first-order valence-electron chi connectivity index (χ1n) is 5.12. The van der Waals surface area contributed by atoms with E-state index in [0.717, 1.165) is 5.56 Å². The van der Waals surface area contributed by atoms with Gasteiger partial charge >= 0.3 is 7.75 Å². The lowest BCUT2D eigenvalue weighted by Crippen LogP contribution is -2.21. The minimum atomic E-state index is -4.84. The summed E-state index contributed by atoms with van der Waals surface area (Å²) in [4.78, 5) is 17.1. The second kappa shape index (κ2) is 4.75. The van der Waals surface area contributed by atoms with Gasteiger partial charge in [0.25, 0.3) is 0 Å². The number of rotatable bonds is 3. The molecule has 0 fully saturated rings. The number of hydrogen-bond acceptors (Lipinski definition) is 3. The van der Waals surface area contributed by atoms with E-state index in [0.29, 0.717) is 0 Å². The molecule has 18 heavy (non-hydrogen) atoms. The molecule has 3 N–H and O–H groups in total. The Morgan fingerprint density at radius 1 is 1.11 bits per heavy atom. The molecule has 0 saturated heterocycles. The molecule has 6 nitrogen and oxygen atoms in total. The van der Waals surface area contributed by atoms with Crippen LogP contribution in [0.25, 0.3) is 0 Å². The number of nitrogens with one attached hydrogen (secondary N) is 1. The van der Waals surface area contributed by atoms with Gasteiger partial charge in [0.15, 0.2) is 0 Å². The molecular weight excluding hydrogens is 277 g/mol. The minimum absolute atomic E-state index is 0.126. The van der Waals surface area contributed by atoms with Crippen LogP contribution in [0.15, 0.2) is 29.2 Å². The van der Waals surface area contributed by atoms with Gasteiger partial charge in [0.05, 0.1) is 4.90 Å². The molecular formula is C10H16NO5PS. The third-order valence-corrected chi connectivity index (χ3v) is 5.08. The van der Waals surface area contributed by atoms with Gasteiger partial charge in [0.2, 0.25) is 10.0 Å². The largest absolute Gasteiger partial charge is 0.414 e. The smallest absolute Gasteiger partial charge is 0.312 e. The first-order valence-corrected chi connectivity index (χ1v) is 8.21. The van der Waals surface area contributed by atoms with Crippen molar-refractivity contribution in [2.75, 3.05) is 0 Å². The van der Waals surface area contributed by atoms with Crippen molar-refractivity contribution in [2.45, 2.75) is 31.1 Å². The van der Waals surface area contributed by atoms with Gasteiger partial charge < -0.3 is 9.79 Å². The van der Waals surface area contributed by atoms with Crippen LogP contribution in [-0.2, 0) is 20.0 Å². The van der Waals surface area contributed by atoms with E-state index in [1.807, 2.05) is 20.8 Å². The lowest BCUT2D eigenvalue weighted by molar-refractivity contribution is 0.368. The molecule has 0 amide bonds. The van der Waals surface area contributed by atoms with Gasteiger partial charge in [0.1, 0.15) is 0 Å². The summed E-state index contributed by atoms with van der Waals surface area (Å²) in [7, 11) is -9.03. The molecule has 0 atom stereocenters. The average Bonchev–Trinajstić information content (AvgIpc) is 2.13. The molecule has 0 spiro atoms. The van der Waals surface area contributed by atoms with Crippen molar-refractivity contribution in [3.63, 3.8) is 0 Å². The highest BCUT2D eigenvalue weighted by molar-refractivity contribution is 7.94. The zero-order valence-corrected chi connectivity index (χ0v) is 12.0. The lowest BCUT2D eigenvalue weighted by Gasteiger charge is -2.19. The summed E-state index contributed by atoms with van der Waals surface area (Å²) in [6.07, 6.45) is 0. The second-order valence-electron chi connectivity index (χ2n) is 4.91. The van der Waals surface area contributed by atoms with Gasteiger partial charge in [-0.1, -0.05) is 32.9 Å². The standard InChI is InChI=1S/C10H16NO5PS/c1-10(2,3)8-4-6-9(7-5-8)18(15,16)11-17(12,13)14/h4-7H,1-3H3,(H3,11,12,13,14). The van der Waals surface area contributed by atoms with Crippen molar-refractivity contribution in [3.8, 4) is 0 Å². The van der Waals surface area contributed by atoms with Gasteiger partial charge in [-0.25, -0.2) is 13.0 Å². The van der Waals surface area contributed by atoms with Crippen molar-refractivity contribution in [2.24, 2.45) is 0 Å². The van der Waals surface area contributed by atoms with E-state index in [1.165, 1.54) is 16.6 Å². The van der Waals surface area contributed by atoms with Gasteiger partial charge in [-0.05, 0) is 23.1 Å². The van der Waals surface area contributed by atoms with E-state index in [-0.39, 0.29) is 10.3 Å². The Kier molecular flexibility index (Phi) is 4.05. The molecule has 0 radical (unpaired) electrons. The molecule has 1 aromatic rings. The molecule has 8 heteroatoms. The first kappa shape index (κ1) is 15.3. The van der Waals surface area contributed by atoms with Crippen LogP contribution in [0.1, 0.15) is 26.3 Å². The van der Waals surface area contributed by atoms with Gasteiger partial charge in [0, 0.05) is 0 Å². The summed E-state index contributed by atoms with van der Waals surface area (Å²) in [6, 6.07) is 5.87. The quantitative estimate of drug-likeness (QED) is 0.730. The van der Waals surface area contributed by atoms with Gasteiger partial charge in [-0.15, -0.1) is 4.49 Å². The fourth-order valence-corrected chi connectivity index (χ4v) is 3.51. The highest BCUT2D eigenvalue weighted by Crippen LogP contribution is 2.32. The Morgan fingerprint density at radius 2 is 1.56 bits per heavy atom. The summed E-state index contributed by atoms with van der Waals surface area (Å²) in [6.45, 7) is 5.93. The summed E-state index contributed by atoms with van der Waals surface area (Å²) < 4.78 is 35.2. The van der Waals surface area contributed by atoms with Crippen molar-refractivity contribution in [1.29, 1.82) is 0 Å². The Bertz CT molecular complexity index is 567. The fourth-order valence-electron chi connectivity index (χ4n) is 1.34. The third-order valence-electron chi connectivity index (χ3n) is 2.27. The van der Waals surface area contributed by atoms with Crippen LogP contribution >= 0.6 is 7.75 Å². The maximum Gasteiger partial charge on any atom is 0.414 e.